The average Bonchev–Trinajstić information content (AvgIpc) is 2.77. The van der Waals surface area contributed by atoms with Gasteiger partial charge in [-0.1, -0.05) is 26.7 Å². The first kappa shape index (κ1) is 32.2. The van der Waals surface area contributed by atoms with E-state index in [4.69, 9.17) is 18.9 Å². The summed E-state index contributed by atoms with van der Waals surface area (Å²) in [5.41, 5.74) is -0.748. The second-order valence-electron chi connectivity index (χ2n) is 8.86. The zero-order chi connectivity index (χ0) is 26.7. The minimum Gasteiger partial charge on any atom is -0.467 e. The molecule has 12 nitrogen and oxygen atoms in total. The molecule has 12 heteroatoms. The zero-order valence-corrected chi connectivity index (χ0v) is 22.1. The van der Waals surface area contributed by atoms with Crippen molar-refractivity contribution in [1.29, 1.82) is 0 Å². The first-order valence-electron chi connectivity index (χ1n) is 12.1. The van der Waals surface area contributed by atoms with Crippen LogP contribution < -0.4 is 16.0 Å². The van der Waals surface area contributed by atoms with Gasteiger partial charge in [0.05, 0.1) is 7.11 Å². The van der Waals surface area contributed by atoms with Gasteiger partial charge in [0.15, 0.2) is 0 Å². The predicted molar refractivity (Wildman–Crippen MR) is 130 cm³/mol. The van der Waals surface area contributed by atoms with E-state index in [1.807, 2.05) is 13.8 Å². The molecule has 3 N–H and O–H groups in total. The smallest absolute Gasteiger partial charge is 0.408 e. The van der Waals surface area contributed by atoms with Crippen molar-refractivity contribution in [1.82, 2.24) is 20.9 Å². The Kier molecular flexibility index (Phi) is 17.1. The van der Waals surface area contributed by atoms with Crippen LogP contribution >= 0.6 is 0 Å². The van der Waals surface area contributed by atoms with Crippen molar-refractivity contribution in [3.8, 4) is 0 Å². The lowest BCUT2D eigenvalue weighted by atomic mass is 10.2. The van der Waals surface area contributed by atoms with Gasteiger partial charge in [-0.3, -0.25) is 4.90 Å². The molecule has 0 heterocycles. The summed E-state index contributed by atoms with van der Waals surface area (Å²) in [6.45, 7) is 10.7. The third-order valence-corrected chi connectivity index (χ3v) is 4.50. The van der Waals surface area contributed by atoms with Crippen molar-refractivity contribution in [3.05, 3.63) is 0 Å². The number of carbonyl (C=O) groups is 4. The number of hydrogen-bond donors (Lipinski definition) is 3. The van der Waals surface area contributed by atoms with Gasteiger partial charge in [-0.15, -0.1) is 0 Å². The first-order valence-corrected chi connectivity index (χ1v) is 12.1. The molecular formula is C23H44N4O8. The average molecular weight is 505 g/mol. The van der Waals surface area contributed by atoms with Gasteiger partial charge in [0.25, 0.3) is 0 Å². The Labute approximate surface area is 208 Å². The summed E-state index contributed by atoms with van der Waals surface area (Å²) in [6.07, 6.45) is 1.72. The zero-order valence-electron chi connectivity index (χ0n) is 22.1. The maximum atomic E-state index is 12.3. The third-order valence-electron chi connectivity index (χ3n) is 4.50. The number of nitrogens with one attached hydrogen (secondary N) is 3. The van der Waals surface area contributed by atoms with Crippen LogP contribution in [0.5, 0.6) is 0 Å². The number of hydrogen-bond acceptors (Lipinski definition) is 9. The highest BCUT2D eigenvalue weighted by Gasteiger charge is 2.27. The molecule has 0 aromatic carbocycles. The van der Waals surface area contributed by atoms with Gasteiger partial charge in [0.1, 0.15) is 24.9 Å². The molecule has 3 amide bonds. The van der Waals surface area contributed by atoms with Crippen molar-refractivity contribution in [3.63, 3.8) is 0 Å². The van der Waals surface area contributed by atoms with Crippen molar-refractivity contribution in [2.45, 2.75) is 71.9 Å². The van der Waals surface area contributed by atoms with E-state index >= 15 is 0 Å². The molecule has 35 heavy (non-hydrogen) atoms. The maximum Gasteiger partial charge on any atom is 0.408 e. The molecule has 0 aromatic heterocycles. The number of alkyl carbamates (subject to hydrolysis) is 3. The topological polar surface area (TPSA) is 145 Å². The lowest BCUT2D eigenvalue weighted by molar-refractivity contribution is -0.143. The predicted octanol–water partition coefficient (Wildman–Crippen LogP) is 2.41. The molecule has 1 unspecified atom stereocenters. The van der Waals surface area contributed by atoms with Gasteiger partial charge < -0.3 is 34.9 Å². The Morgan fingerprint density at radius 3 is 1.71 bits per heavy atom. The molecule has 0 saturated carbocycles. The molecule has 0 aliphatic heterocycles. The summed E-state index contributed by atoms with van der Waals surface area (Å²) in [6, 6.07) is -1.05. The van der Waals surface area contributed by atoms with E-state index in [0.29, 0.717) is 13.1 Å². The van der Waals surface area contributed by atoms with Crippen LogP contribution in [0, 0.1) is 0 Å². The molecule has 0 fully saturated rings. The minimum atomic E-state index is -1.05. The number of carbonyl (C=O) groups excluding carboxylic acids is 4. The number of nitrogens with zero attached hydrogens (tertiary/aromatic N) is 1. The molecule has 0 aliphatic carbocycles. The Hall–Kier alpha value is -2.76. The van der Waals surface area contributed by atoms with Crippen LogP contribution in [-0.2, 0) is 23.7 Å². The summed E-state index contributed by atoms with van der Waals surface area (Å²) < 4.78 is 20.4. The highest BCUT2D eigenvalue weighted by molar-refractivity contribution is 5.81. The quantitative estimate of drug-likeness (QED) is 0.164. The molecule has 0 bridgehead atoms. The summed E-state index contributed by atoms with van der Waals surface area (Å²) in [5, 5.41) is 7.81. The summed E-state index contributed by atoms with van der Waals surface area (Å²) >= 11 is 0. The van der Waals surface area contributed by atoms with E-state index in [1.54, 1.807) is 25.7 Å². The van der Waals surface area contributed by atoms with Crippen molar-refractivity contribution in [2.24, 2.45) is 0 Å². The van der Waals surface area contributed by atoms with Crippen molar-refractivity contribution < 1.29 is 38.1 Å². The van der Waals surface area contributed by atoms with Crippen molar-refractivity contribution in [2.75, 3.05) is 53.0 Å². The largest absolute Gasteiger partial charge is 0.467 e. The molecule has 0 aromatic rings. The Morgan fingerprint density at radius 2 is 1.31 bits per heavy atom. The lowest BCUT2D eigenvalue weighted by Crippen LogP contribution is -2.51. The van der Waals surface area contributed by atoms with E-state index < -0.39 is 35.9 Å². The van der Waals surface area contributed by atoms with Gasteiger partial charge >= 0.3 is 24.2 Å². The van der Waals surface area contributed by atoms with Gasteiger partial charge in [0.2, 0.25) is 0 Å². The molecule has 0 aliphatic rings. The Bertz CT molecular complexity index is 612. The lowest BCUT2D eigenvalue weighted by Gasteiger charge is -2.27. The number of esters is 1. The van der Waals surface area contributed by atoms with E-state index in [9.17, 15) is 19.2 Å². The first-order chi connectivity index (χ1) is 16.5. The van der Waals surface area contributed by atoms with Crippen LogP contribution in [0.1, 0.15) is 60.3 Å². The van der Waals surface area contributed by atoms with Gasteiger partial charge in [0, 0.05) is 32.7 Å². The van der Waals surface area contributed by atoms with Crippen LogP contribution in [0.25, 0.3) is 0 Å². The molecule has 0 spiro atoms. The highest BCUT2D eigenvalue weighted by atomic mass is 16.6. The molecular weight excluding hydrogens is 460 g/mol. The maximum absolute atomic E-state index is 12.3. The van der Waals surface area contributed by atoms with Crippen LogP contribution in [0.4, 0.5) is 14.4 Å². The normalized spacial score (nSPS) is 11.9. The molecule has 0 radical (unpaired) electrons. The summed E-state index contributed by atoms with van der Waals surface area (Å²) in [4.78, 5) is 49.8. The van der Waals surface area contributed by atoms with Gasteiger partial charge in [-0.25, -0.2) is 19.2 Å². The highest BCUT2D eigenvalue weighted by Crippen LogP contribution is 2.07. The second-order valence-corrected chi connectivity index (χ2v) is 8.86. The Balaban J connectivity index is 5.02. The number of methoxy groups -OCH3 is 1. The SMILES string of the molecule is CCCCNC(=O)OCCN(CCOC(=O)NCCCC)CC(NC(=O)OC(C)(C)C)C(=O)OC. The fraction of sp³-hybridized carbons (Fsp3) is 0.826. The number of rotatable bonds is 16. The molecule has 204 valence electrons. The number of amides is 3. The fourth-order valence-corrected chi connectivity index (χ4v) is 2.70. The van der Waals surface area contributed by atoms with Crippen molar-refractivity contribution >= 4 is 24.2 Å². The molecule has 1 atom stereocenters. The van der Waals surface area contributed by atoms with Gasteiger partial charge in [-0.2, -0.15) is 0 Å². The standard InChI is InChI=1S/C23H44N4O8/c1-7-9-11-24-20(29)33-15-13-27(14-16-34-21(30)25-12-10-8-2)17-18(19(28)32-6)26-22(31)35-23(3,4)5/h18H,7-17H2,1-6H3,(H,24,29)(H,25,30)(H,26,31). The molecule has 0 saturated heterocycles. The van der Waals surface area contributed by atoms with E-state index in [2.05, 4.69) is 16.0 Å². The minimum absolute atomic E-state index is 0.0214. The van der Waals surface area contributed by atoms with Gasteiger partial charge in [-0.05, 0) is 33.6 Å². The third kappa shape index (κ3) is 18.3. The van der Waals surface area contributed by atoms with E-state index in [0.717, 1.165) is 25.7 Å². The van der Waals surface area contributed by atoms with Crippen LogP contribution in [0.15, 0.2) is 0 Å². The Morgan fingerprint density at radius 1 is 0.829 bits per heavy atom. The summed E-state index contributed by atoms with van der Waals surface area (Å²) in [7, 11) is 1.21. The van der Waals surface area contributed by atoms with Crippen LogP contribution in [0.3, 0.4) is 0 Å². The van der Waals surface area contributed by atoms with E-state index in [1.165, 1.54) is 7.11 Å². The van der Waals surface area contributed by atoms with Crippen LogP contribution in [-0.4, -0.2) is 93.8 Å². The fourth-order valence-electron chi connectivity index (χ4n) is 2.70. The number of ether oxygens (including phenoxy) is 4. The number of unbranched alkanes of at least 4 members (excludes halogenated alkanes) is 2. The van der Waals surface area contributed by atoms with E-state index in [-0.39, 0.29) is 32.8 Å². The monoisotopic (exact) mass is 504 g/mol. The second kappa shape index (κ2) is 18.6. The van der Waals surface area contributed by atoms with Crippen LogP contribution in [0.2, 0.25) is 0 Å². The summed E-state index contributed by atoms with van der Waals surface area (Å²) in [5.74, 6) is -0.669. The molecule has 0 rings (SSSR count).